The number of benzene rings is 2. The average Bonchev–Trinajstić information content (AvgIpc) is 2.66. The maximum atomic E-state index is 11.8. The Hall–Kier alpha value is -3.74. The van der Waals surface area contributed by atoms with Gasteiger partial charge in [-0.15, -0.1) is 0 Å². The van der Waals surface area contributed by atoms with Crippen molar-refractivity contribution in [2.24, 2.45) is 0 Å². The van der Waals surface area contributed by atoms with E-state index in [4.69, 9.17) is 9.47 Å². The molecule has 2 rings (SSSR count). The molecule has 0 radical (unpaired) electrons. The minimum Gasteiger partial charge on any atom is -0.504 e. The lowest BCUT2D eigenvalue weighted by Gasteiger charge is -2.03. The second-order valence-electron chi connectivity index (χ2n) is 5.42. The summed E-state index contributed by atoms with van der Waals surface area (Å²) in [6, 6.07) is 8.66. The van der Waals surface area contributed by atoms with Crippen LogP contribution in [0.3, 0.4) is 0 Å². The SMILES string of the molecule is COc1cc(/C=C/C(=O)COC(=O)/C=C/c2ccc(O)c(O)c2)ccc1O. The van der Waals surface area contributed by atoms with Crippen LogP contribution in [0.4, 0.5) is 0 Å². The van der Waals surface area contributed by atoms with Crippen LogP contribution >= 0.6 is 0 Å². The minimum atomic E-state index is -0.726. The van der Waals surface area contributed by atoms with Crippen LogP contribution in [0.25, 0.3) is 12.2 Å². The predicted molar refractivity (Wildman–Crippen MR) is 98.5 cm³/mol. The molecule has 0 spiro atoms. The van der Waals surface area contributed by atoms with Gasteiger partial charge in [-0.3, -0.25) is 4.79 Å². The molecule has 0 aliphatic carbocycles. The Kier molecular flexibility index (Phi) is 6.60. The minimum absolute atomic E-state index is 0.0105. The Balaban J connectivity index is 1.86. The van der Waals surface area contributed by atoms with Crippen molar-refractivity contribution < 1.29 is 34.4 Å². The number of hydrogen-bond donors (Lipinski definition) is 3. The number of carbonyl (C=O) groups is 2. The van der Waals surface area contributed by atoms with E-state index in [0.29, 0.717) is 11.1 Å². The zero-order chi connectivity index (χ0) is 19.8. The second-order valence-corrected chi connectivity index (χ2v) is 5.42. The zero-order valence-electron chi connectivity index (χ0n) is 14.5. The van der Waals surface area contributed by atoms with Crippen molar-refractivity contribution in [1.82, 2.24) is 0 Å². The highest BCUT2D eigenvalue weighted by Gasteiger charge is 2.04. The van der Waals surface area contributed by atoms with E-state index in [-0.39, 0.29) is 23.0 Å². The molecule has 0 saturated carbocycles. The van der Waals surface area contributed by atoms with Crippen molar-refractivity contribution in [2.45, 2.75) is 0 Å². The largest absolute Gasteiger partial charge is 0.504 e. The van der Waals surface area contributed by atoms with Crippen LogP contribution in [0.1, 0.15) is 11.1 Å². The van der Waals surface area contributed by atoms with E-state index in [1.165, 1.54) is 49.6 Å². The second kappa shape index (κ2) is 9.10. The standard InChI is InChI=1S/C20H18O7/c1-26-19-11-14(4-8-17(19)23)2-6-15(21)12-27-20(25)9-5-13-3-7-16(22)18(24)10-13/h2-11,22-24H,12H2,1H3/b6-2+,9-5+. The number of carbonyl (C=O) groups excluding carboxylic acids is 2. The molecule has 0 unspecified atom stereocenters. The van der Waals surface area contributed by atoms with Crippen LogP contribution in [-0.4, -0.2) is 40.8 Å². The highest BCUT2D eigenvalue weighted by Crippen LogP contribution is 2.27. The Morgan fingerprint density at radius 3 is 2.19 bits per heavy atom. The van der Waals surface area contributed by atoms with E-state index >= 15 is 0 Å². The van der Waals surface area contributed by atoms with Gasteiger partial charge in [-0.1, -0.05) is 18.2 Å². The molecule has 2 aromatic rings. The van der Waals surface area contributed by atoms with Crippen molar-refractivity contribution in [1.29, 1.82) is 0 Å². The molecule has 0 saturated heterocycles. The molecule has 0 aliphatic heterocycles. The Morgan fingerprint density at radius 2 is 1.52 bits per heavy atom. The van der Waals surface area contributed by atoms with Crippen LogP contribution in [-0.2, 0) is 14.3 Å². The molecule has 0 aliphatic rings. The molecule has 0 amide bonds. The first-order chi connectivity index (χ1) is 12.9. The maximum Gasteiger partial charge on any atom is 0.331 e. The molecular formula is C20H18O7. The smallest absolute Gasteiger partial charge is 0.331 e. The van der Waals surface area contributed by atoms with Crippen LogP contribution in [0.2, 0.25) is 0 Å². The van der Waals surface area contributed by atoms with E-state index in [9.17, 15) is 24.9 Å². The van der Waals surface area contributed by atoms with Gasteiger partial charge in [0.05, 0.1) is 7.11 Å². The van der Waals surface area contributed by atoms with Crippen molar-refractivity contribution >= 4 is 23.9 Å². The average molecular weight is 370 g/mol. The van der Waals surface area contributed by atoms with Gasteiger partial charge >= 0.3 is 5.97 Å². The third-order valence-electron chi connectivity index (χ3n) is 3.43. The fourth-order valence-electron chi connectivity index (χ4n) is 2.03. The van der Waals surface area contributed by atoms with Gasteiger partial charge in [0.1, 0.15) is 0 Å². The molecule has 140 valence electrons. The molecule has 0 bridgehead atoms. The molecule has 2 aromatic carbocycles. The molecule has 0 heterocycles. The van der Waals surface area contributed by atoms with Crippen LogP contribution < -0.4 is 4.74 Å². The summed E-state index contributed by atoms with van der Waals surface area (Å²) in [7, 11) is 1.42. The van der Waals surface area contributed by atoms with Gasteiger partial charge in [0.15, 0.2) is 35.4 Å². The highest BCUT2D eigenvalue weighted by molar-refractivity contribution is 5.96. The number of esters is 1. The summed E-state index contributed by atoms with van der Waals surface area (Å²) in [5.74, 6) is -1.46. The van der Waals surface area contributed by atoms with Gasteiger partial charge in [0.25, 0.3) is 0 Å². The van der Waals surface area contributed by atoms with E-state index in [0.717, 1.165) is 6.08 Å². The number of aromatic hydroxyl groups is 3. The first kappa shape index (κ1) is 19.6. The summed E-state index contributed by atoms with van der Waals surface area (Å²) in [5, 5.41) is 28.1. The van der Waals surface area contributed by atoms with Crippen LogP contribution in [0, 0.1) is 0 Å². The molecule has 0 fully saturated rings. The van der Waals surface area contributed by atoms with E-state index in [2.05, 4.69) is 0 Å². The summed E-state index contributed by atoms with van der Waals surface area (Å²) in [6.07, 6.45) is 5.24. The number of hydrogen-bond acceptors (Lipinski definition) is 7. The normalized spacial score (nSPS) is 11.0. The molecule has 3 N–H and O–H groups in total. The number of phenolic OH excluding ortho intramolecular Hbond substituents is 3. The molecule has 0 atom stereocenters. The predicted octanol–water partition coefficient (Wildman–Crippen LogP) is 2.65. The summed E-state index contributed by atoms with van der Waals surface area (Å²) < 4.78 is 9.80. The van der Waals surface area contributed by atoms with Gasteiger partial charge in [-0.2, -0.15) is 0 Å². The summed E-state index contributed by atoms with van der Waals surface area (Å²) in [5.41, 5.74) is 1.12. The third kappa shape index (κ3) is 5.93. The van der Waals surface area contributed by atoms with Crippen LogP contribution in [0.5, 0.6) is 23.0 Å². The Morgan fingerprint density at radius 1 is 0.889 bits per heavy atom. The van der Waals surface area contributed by atoms with Crippen LogP contribution in [0.15, 0.2) is 48.6 Å². The summed E-state index contributed by atoms with van der Waals surface area (Å²) in [4.78, 5) is 23.4. The molecule has 7 nitrogen and oxygen atoms in total. The van der Waals surface area contributed by atoms with Gasteiger partial charge in [0.2, 0.25) is 0 Å². The Bertz CT molecular complexity index is 897. The molecule has 7 heteroatoms. The van der Waals surface area contributed by atoms with Gasteiger partial charge in [-0.05, 0) is 47.5 Å². The summed E-state index contributed by atoms with van der Waals surface area (Å²) >= 11 is 0. The quantitative estimate of drug-likeness (QED) is 0.390. The van der Waals surface area contributed by atoms with Crippen molar-refractivity contribution in [3.8, 4) is 23.0 Å². The lowest BCUT2D eigenvalue weighted by atomic mass is 10.1. The maximum absolute atomic E-state index is 11.8. The number of phenols is 3. The molecule has 0 aromatic heterocycles. The third-order valence-corrected chi connectivity index (χ3v) is 3.43. The van der Waals surface area contributed by atoms with Gasteiger partial charge in [-0.25, -0.2) is 4.79 Å². The molecule has 27 heavy (non-hydrogen) atoms. The fraction of sp³-hybridized carbons (Fsp3) is 0.100. The lowest BCUT2D eigenvalue weighted by Crippen LogP contribution is -2.09. The van der Waals surface area contributed by atoms with E-state index in [1.54, 1.807) is 12.1 Å². The first-order valence-electron chi connectivity index (χ1n) is 7.84. The highest BCUT2D eigenvalue weighted by atomic mass is 16.5. The van der Waals surface area contributed by atoms with Gasteiger partial charge in [0, 0.05) is 6.08 Å². The number of methoxy groups -OCH3 is 1. The molecular weight excluding hydrogens is 352 g/mol. The monoisotopic (exact) mass is 370 g/mol. The fourth-order valence-corrected chi connectivity index (χ4v) is 2.03. The zero-order valence-corrected chi connectivity index (χ0v) is 14.5. The van der Waals surface area contributed by atoms with Crippen molar-refractivity contribution in [3.05, 3.63) is 59.7 Å². The first-order valence-corrected chi connectivity index (χ1v) is 7.84. The number of ketones is 1. The number of rotatable bonds is 7. The van der Waals surface area contributed by atoms with E-state index < -0.39 is 18.4 Å². The van der Waals surface area contributed by atoms with Crippen molar-refractivity contribution in [2.75, 3.05) is 13.7 Å². The summed E-state index contributed by atoms with van der Waals surface area (Å²) in [6.45, 7) is -0.435. The Labute approximate surface area is 155 Å². The van der Waals surface area contributed by atoms with Gasteiger partial charge < -0.3 is 24.8 Å². The number of ether oxygens (including phenoxy) is 2. The topological polar surface area (TPSA) is 113 Å². The van der Waals surface area contributed by atoms with Crippen molar-refractivity contribution in [3.63, 3.8) is 0 Å². The lowest BCUT2D eigenvalue weighted by molar-refractivity contribution is -0.141. The van der Waals surface area contributed by atoms with E-state index in [1.807, 2.05) is 0 Å².